The molecule has 0 saturated carbocycles. The second-order valence-electron chi connectivity index (χ2n) is 7.67. The number of hydrazone groups is 1. The summed E-state index contributed by atoms with van der Waals surface area (Å²) in [6.07, 6.45) is 1.53. The van der Waals surface area contributed by atoms with Gasteiger partial charge >= 0.3 is 0 Å². The Morgan fingerprint density at radius 1 is 0.906 bits per heavy atom. The van der Waals surface area contributed by atoms with Crippen molar-refractivity contribution in [2.75, 3.05) is 31.1 Å². The van der Waals surface area contributed by atoms with Crippen LogP contribution in [0.5, 0.6) is 0 Å². The van der Waals surface area contributed by atoms with E-state index in [0.717, 1.165) is 38.3 Å². The van der Waals surface area contributed by atoms with Gasteiger partial charge in [0.1, 0.15) is 0 Å². The largest absolute Gasteiger partial charge is 0.369 e. The van der Waals surface area contributed by atoms with Crippen molar-refractivity contribution in [2.24, 2.45) is 5.10 Å². The fraction of sp³-hybridized carbons (Fsp3) is 0.200. The first kappa shape index (κ1) is 22.3. The van der Waals surface area contributed by atoms with E-state index in [0.29, 0.717) is 15.6 Å². The predicted molar refractivity (Wildman–Crippen MR) is 132 cm³/mol. The molecule has 1 N–H and O–H groups in total. The zero-order valence-electron chi connectivity index (χ0n) is 17.5. The average Bonchev–Trinajstić information content (AvgIpc) is 2.83. The molecule has 0 unspecified atom stereocenters. The molecule has 0 aromatic heterocycles. The summed E-state index contributed by atoms with van der Waals surface area (Å²) in [5.41, 5.74) is 6.33. The molecule has 1 aliphatic heterocycles. The van der Waals surface area contributed by atoms with E-state index in [1.54, 1.807) is 18.2 Å². The quantitative estimate of drug-likeness (QED) is 0.406. The number of halogens is 2. The third-order valence-corrected chi connectivity index (χ3v) is 6.18. The van der Waals surface area contributed by atoms with Crippen molar-refractivity contribution in [2.45, 2.75) is 6.54 Å². The van der Waals surface area contributed by atoms with Gasteiger partial charge in [-0.15, -0.1) is 0 Å². The van der Waals surface area contributed by atoms with Gasteiger partial charge in [-0.25, -0.2) is 5.43 Å². The zero-order valence-corrected chi connectivity index (χ0v) is 19.1. The molecular formula is C25H24Cl2N4O. The van der Waals surface area contributed by atoms with Gasteiger partial charge in [0, 0.05) is 44.0 Å². The van der Waals surface area contributed by atoms with E-state index in [-0.39, 0.29) is 5.91 Å². The number of hydrogen-bond acceptors (Lipinski definition) is 4. The lowest BCUT2D eigenvalue weighted by Gasteiger charge is -2.36. The molecular weight excluding hydrogens is 443 g/mol. The van der Waals surface area contributed by atoms with Crippen molar-refractivity contribution in [3.63, 3.8) is 0 Å². The summed E-state index contributed by atoms with van der Waals surface area (Å²) in [7, 11) is 0. The van der Waals surface area contributed by atoms with Crippen LogP contribution in [-0.4, -0.2) is 43.2 Å². The number of carbonyl (C=O) groups excluding carboxylic acids is 1. The average molecular weight is 467 g/mol. The predicted octanol–water partition coefficient (Wildman–Crippen LogP) is 5.08. The van der Waals surface area contributed by atoms with E-state index >= 15 is 0 Å². The number of benzene rings is 3. The molecule has 1 aliphatic rings. The van der Waals surface area contributed by atoms with Gasteiger partial charge in [0.05, 0.1) is 16.3 Å². The number of piperazine rings is 1. The van der Waals surface area contributed by atoms with Gasteiger partial charge < -0.3 is 4.90 Å². The second-order valence-corrected chi connectivity index (χ2v) is 8.48. The van der Waals surface area contributed by atoms with Crippen LogP contribution >= 0.6 is 23.2 Å². The maximum Gasteiger partial charge on any atom is 0.271 e. The third-order valence-electron chi connectivity index (χ3n) is 5.44. The van der Waals surface area contributed by atoms with Crippen LogP contribution in [0.4, 0.5) is 5.69 Å². The fourth-order valence-electron chi connectivity index (χ4n) is 3.65. The molecule has 1 heterocycles. The van der Waals surface area contributed by atoms with Crippen LogP contribution in [0.2, 0.25) is 10.0 Å². The molecule has 3 aromatic rings. The van der Waals surface area contributed by atoms with Crippen molar-refractivity contribution in [1.29, 1.82) is 0 Å². The highest BCUT2D eigenvalue weighted by molar-refractivity contribution is 6.42. The van der Waals surface area contributed by atoms with Gasteiger partial charge in [-0.3, -0.25) is 9.69 Å². The fourth-order valence-corrected chi connectivity index (χ4v) is 3.95. The van der Waals surface area contributed by atoms with E-state index in [1.807, 2.05) is 30.3 Å². The van der Waals surface area contributed by atoms with Crippen molar-refractivity contribution in [3.05, 3.63) is 99.5 Å². The molecule has 4 rings (SSSR count). The SMILES string of the molecule is O=C(N/N=C\c1ccc(Cl)c(Cl)c1)c1ccc(CN2CCN(c3ccccc3)CC2)cc1. The molecule has 0 atom stereocenters. The lowest BCUT2D eigenvalue weighted by atomic mass is 10.1. The van der Waals surface area contributed by atoms with Crippen LogP contribution in [0.25, 0.3) is 0 Å². The molecule has 0 spiro atoms. The van der Waals surface area contributed by atoms with Crippen LogP contribution in [0.1, 0.15) is 21.5 Å². The minimum Gasteiger partial charge on any atom is -0.369 e. The molecule has 7 heteroatoms. The molecule has 1 fully saturated rings. The number of rotatable bonds is 6. The molecule has 5 nitrogen and oxygen atoms in total. The normalized spacial score (nSPS) is 14.6. The van der Waals surface area contributed by atoms with Crippen molar-refractivity contribution in [1.82, 2.24) is 10.3 Å². The van der Waals surface area contributed by atoms with Crippen LogP contribution in [0.15, 0.2) is 77.9 Å². The van der Waals surface area contributed by atoms with Gasteiger partial charge in [-0.1, -0.05) is 59.6 Å². The third kappa shape index (κ3) is 5.88. The van der Waals surface area contributed by atoms with E-state index in [4.69, 9.17) is 23.2 Å². The van der Waals surface area contributed by atoms with Crippen LogP contribution in [0, 0.1) is 0 Å². The molecule has 1 amide bonds. The minimum atomic E-state index is -0.260. The van der Waals surface area contributed by atoms with Gasteiger partial charge in [-0.05, 0) is 47.5 Å². The Morgan fingerprint density at radius 2 is 1.62 bits per heavy atom. The Labute approximate surface area is 198 Å². The van der Waals surface area contributed by atoms with E-state index in [9.17, 15) is 4.79 Å². The smallest absolute Gasteiger partial charge is 0.271 e. The first-order valence-electron chi connectivity index (χ1n) is 10.5. The summed E-state index contributed by atoms with van der Waals surface area (Å²) >= 11 is 11.9. The number of nitrogens with one attached hydrogen (secondary N) is 1. The lowest BCUT2D eigenvalue weighted by Crippen LogP contribution is -2.45. The van der Waals surface area contributed by atoms with Gasteiger partial charge in [0.15, 0.2) is 0 Å². The van der Waals surface area contributed by atoms with Crippen molar-refractivity contribution in [3.8, 4) is 0 Å². The highest BCUT2D eigenvalue weighted by Gasteiger charge is 2.17. The molecule has 0 aliphatic carbocycles. The van der Waals surface area contributed by atoms with Gasteiger partial charge in [0.25, 0.3) is 5.91 Å². The maximum absolute atomic E-state index is 12.3. The monoisotopic (exact) mass is 466 g/mol. The Hall–Kier alpha value is -2.86. The molecule has 32 heavy (non-hydrogen) atoms. The Morgan fingerprint density at radius 3 is 2.31 bits per heavy atom. The van der Waals surface area contributed by atoms with Gasteiger partial charge in [0.2, 0.25) is 0 Å². The Balaban J connectivity index is 1.26. The standard InChI is InChI=1S/C25H24Cl2N4O/c26-23-11-8-20(16-24(23)27)17-28-29-25(32)21-9-6-19(7-10-21)18-30-12-14-31(15-13-30)22-4-2-1-3-5-22/h1-11,16-17H,12-15,18H2,(H,29,32)/b28-17-. The summed E-state index contributed by atoms with van der Waals surface area (Å²) in [6, 6.07) is 23.4. The highest BCUT2D eigenvalue weighted by Crippen LogP contribution is 2.22. The summed E-state index contributed by atoms with van der Waals surface area (Å²) < 4.78 is 0. The highest BCUT2D eigenvalue weighted by atomic mass is 35.5. The number of carbonyl (C=O) groups is 1. The van der Waals surface area contributed by atoms with Crippen molar-refractivity contribution >= 4 is 41.0 Å². The molecule has 3 aromatic carbocycles. The van der Waals surface area contributed by atoms with Crippen LogP contribution < -0.4 is 10.3 Å². The number of amides is 1. The number of para-hydroxylation sites is 1. The Kier molecular flexibility index (Phi) is 7.43. The van der Waals surface area contributed by atoms with Crippen LogP contribution in [-0.2, 0) is 6.54 Å². The molecule has 0 bridgehead atoms. The topological polar surface area (TPSA) is 47.9 Å². The number of anilines is 1. The summed E-state index contributed by atoms with van der Waals surface area (Å²) in [6.45, 7) is 4.93. The maximum atomic E-state index is 12.3. The molecule has 0 radical (unpaired) electrons. The first-order valence-corrected chi connectivity index (χ1v) is 11.2. The van der Waals surface area contributed by atoms with Crippen LogP contribution in [0.3, 0.4) is 0 Å². The van der Waals surface area contributed by atoms with E-state index in [1.165, 1.54) is 17.5 Å². The van der Waals surface area contributed by atoms with Gasteiger partial charge in [-0.2, -0.15) is 5.10 Å². The summed E-state index contributed by atoms with van der Waals surface area (Å²) in [5.74, 6) is -0.260. The first-order chi connectivity index (χ1) is 15.6. The Bertz CT molecular complexity index is 1080. The van der Waals surface area contributed by atoms with Crippen molar-refractivity contribution < 1.29 is 4.79 Å². The number of nitrogens with zero attached hydrogens (tertiary/aromatic N) is 3. The lowest BCUT2D eigenvalue weighted by molar-refractivity contribution is 0.0955. The second kappa shape index (κ2) is 10.6. The molecule has 1 saturated heterocycles. The molecule has 164 valence electrons. The number of hydrogen-bond donors (Lipinski definition) is 1. The summed E-state index contributed by atoms with van der Waals surface area (Å²) in [5, 5.41) is 4.92. The van der Waals surface area contributed by atoms with E-state index < -0.39 is 0 Å². The van der Waals surface area contributed by atoms with E-state index in [2.05, 4.69) is 44.6 Å². The minimum absolute atomic E-state index is 0.260. The zero-order chi connectivity index (χ0) is 22.3. The summed E-state index contributed by atoms with van der Waals surface area (Å²) in [4.78, 5) is 17.2.